The maximum Gasteiger partial charge on any atom is 0.0468 e. The second-order valence-corrected chi connectivity index (χ2v) is 19.2. The van der Waals surface area contributed by atoms with Crippen molar-refractivity contribution in [2.75, 3.05) is 4.90 Å². The molecule has 0 heterocycles. The molecule has 0 aromatic heterocycles. The summed E-state index contributed by atoms with van der Waals surface area (Å²) < 4.78 is 0. The van der Waals surface area contributed by atoms with Crippen LogP contribution in [0.4, 0.5) is 17.1 Å². The van der Waals surface area contributed by atoms with Gasteiger partial charge in [-0.25, -0.2) is 0 Å². The van der Waals surface area contributed by atoms with Gasteiger partial charge in [0.05, 0.1) is 0 Å². The lowest BCUT2D eigenvalue weighted by atomic mass is 9.43. The topological polar surface area (TPSA) is 3.24 Å². The zero-order chi connectivity index (χ0) is 37.1. The van der Waals surface area contributed by atoms with Crippen molar-refractivity contribution in [2.45, 2.75) is 88.9 Å². The van der Waals surface area contributed by atoms with E-state index in [1.54, 1.807) is 11.1 Å². The highest BCUT2D eigenvalue weighted by Crippen LogP contribution is 2.69. The fourth-order valence-electron chi connectivity index (χ4n) is 12.9. The van der Waals surface area contributed by atoms with Crippen molar-refractivity contribution in [3.05, 3.63) is 162 Å². The van der Waals surface area contributed by atoms with Crippen LogP contribution in [0.25, 0.3) is 33.4 Å². The normalized spacial score (nSPS) is 26.0. The summed E-state index contributed by atoms with van der Waals surface area (Å²) in [6, 6.07) is 53.5. The summed E-state index contributed by atoms with van der Waals surface area (Å²) in [5, 5.41) is 0. The van der Waals surface area contributed by atoms with E-state index in [2.05, 4.69) is 172 Å². The molecule has 1 nitrogen and oxygen atoms in total. The van der Waals surface area contributed by atoms with Crippen molar-refractivity contribution in [3.8, 4) is 33.4 Å². The SMILES string of the molecule is CC1(C)CCC(C)(C)c2c(-c3ccc(N(c4ccc(-c5ccccc5)cc4)c4ccc5c(c4)-c4ccccc4C54C5CC6CC(C5)CC4C6)cc3)cccc21. The Morgan fingerprint density at radius 3 is 1.64 bits per heavy atom. The van der Waals surface area contributed by atoms with Gasteiger partial charge in [-0.05, 0) is 171 Å². The molecule has 1 spiro atoms. The number of hydrogen-bond donors (Lipinski definition) is 0. The van der Waals surface area contributed by atoms with E-state index < -0.39 is 0 Å². The van der Waals surface area contributed by atoms with Crippen LogP contribution < -0.4 is 4.90 Å². The molecule has 6 aromatic carbocycles. The Bertz CT molecular complexity index is 2400. The summed E-state index contributed by atoms with van der Waals surface area (Å²) in [6.45, 7) is 9.74. The van der Waals surface area contributed by atoms with Gasteiger partial charge < -0.3 is 4.90 Å². The molecule has 6 aliphatic rings. The molecule has 4 fully saturated rings. The van der Waals surface area contributed by atoms with Crippen LogP contribution in [-0.2, 0) is 16.2 Å². The zero-order valence-corrected chi connectivity index (χ0v) is 33.0. The van der Waals surface area contributed by atoms with Gasteiger partial charge in [-0.3, -0.25) is 0 Å². The fourth-order valence-corrected chi connectivity index (χ4v) is 12.9. The Labute approximate surface area is 328 Å². The van der Waals surface area contributed by atoms with Crippen molar-refractivity contribution in [3.63, 3.8) is 0 Å². The predicted octanol–water partition coefficient (Wildman–Crippen LogP) is 14.6. The summed E-state index contributed by atoms with van der Waals surface area (Å²) in [5.41, 5.74) is 18.5. The maximum absolute atomic E-state index is 2.56. The minimum absolute atomic E-state index is 0.141. The van der Waals surface area contributed by atoms with Crippen LogP contribution in [0.1, 0.15) is 94.9 Å². The Hall–Kier alpha value is -4.88. The predicted molar refractivity (Wildman–Crippen MR) is 231 cm³/mol. The van der Waals surface area contributed by atoms with Crippen molar-refractivity contribution < 1.29 is 0 Å². The first-order valence-electron chi connectivity index (χ1n) is 21.2. The lowest BCUT2D eigenvalue weighted by Crippen LogP contribution is -2.55. The quantitative estimate of drug-likeness (QED) is 0.172. The summed E-state index contributed by atoms with van der Waals surface area (Å²) in [6.07, 6.45) is 9.56. The molecule has 0 radical (unpaired) electrons. The third kappa shape index (κ3) is 4.97. The molecule has 55 heavy (non-hydrogen) atoms. The van der Waals surface area contributed by atoms with Gasteiger partial charge in [-0.15, -0.1) is 0 Å². The molecule has 6 aliphatic carbocycles. The molecular weight excluding hydrogens is 663 g/mol. The smallest absolute Gasteiger partial charge is 0.0468 e. The number of hydrogen-bond acceptors (Lipinski definition) is 1. The molecule has 0 N–H and O–H groups in total. The van der Waals surface area contributed by atoms with Crippen molar-refractivity contribution in [2.24, 2.45) is 23.7 Å². The molecule has 0 aliphatic heterocycles. The summed E-state index contributed by atoms with van der Waals surface area (Å²) in [5.74, 6) is 3.43. The Balaban J connectivity index is 1.04. The van der Waals surface area contributed by atoms with Gasteiger partial charge in [0.25, 0.3) is 0 Å². The first-order valence-corrected chi connectivity index (χ1v) is 21.2. The summed E-state index contributed by atoms with van der Waals surface area (Å²) in [4.78, 5) is 2.50. The molecule has 274 valence electrons. The number of benzene rings is 6. The molecule has 1 heteroatoms. The highest BCUT2D eigenvalue weighted by Gasteiger charge is 2.61. The van der Waals surface area contributed by atoms with E-state index in [4.69, 9.17) is 0 Å². The van der Waals surface area contributed by atoms with E-state index >= 15 is 0 Å². The molecule has 4 saturated carbocycles. The largest absolute Gasteiger partial charge is 0.310 e. The third-order valence-electron chi connectivity index (χ3n) is 15.3. The van der Waals surface area contributed by atoms with Crippen molar-refractivity contribution in [1.29, 1.82) is 0 Å². The van der Waals surface area contributed by atoms with Crippen molar-refractivity contribution in [1.82, 2.24) is 0 Å². The Morgan fingerprint density at radius 1 is 0.418 bits per heavy atom. The minimum Gasteiger partial charge on any atom is -0.310 e. The van der Waals surface area contributed by atoms with Gasteiger partial charge in [0.2, 0.25) is 0 Å². The van der Waals surface area contributed by atoms with E-state index in [9.17, 15) is 0 Å². The highest BCUT2D eigenvalue weighted by molar-refractivity contribution is 5.88. The van der Waals surface area contributed by atoms with E-state index in [-0.39, 0.29) is 16.2 Å². The second-order valence-electron chi connectivity index (χ2n) is 19.2. The van der Waals surface area contributed by atoms with Crippen LogP contribution in [0, 0.1) is 23.7 Å². The van der Waals surface area contributed by atoms with E-state index in [1.807, 2.05) is 0 Å². The monoisotopic (exact) mass is 715 g/mol. The average Bonchev–Trinajstić information content (AvgIpc) is 3.49. The molecule has 6 aromatic rings. The third-order valence-corrected chi connectivity index (χ3v) is 15.3. The molecule has 0 atom stereocenters. The van der Waals surface area contributed by atoms with E-state index in [0.29, 0.717) is 0 Å². The van der Waals surface area contributed by atoms with Gasteiger partial charge in [0.15, 0.2) is 0 Å². The summed E-state index contributed by atoms with van der Waals surface area (Å²) >= 11 is 0. The Morgan fingerprint density at radius 2 is 0.945 bits per heavy atom. The minimum atomic E-state index is 0.141. The lowest BCUT2D eigenvalue weighted by molar-refractivity contribution is -0.0399. The first-order chi connectivity index (χ1) is 26.7. The summed E-state index contributed by atoms with van der Waals surface area (Å²) in [7, 11) is 0. The Kier molecular flexibility index (Phi) is 7.34. The maximum atomic E-state index is 2.56. The van der Waals surface area contributed by atoms with Crippen LogP contribution >= 0.6 is 0 Å². The molecule has 0 unspecified atom stereocenters. The van der Waals surface area contributed by atoms with Crippen LogP contribution in [0.15, 0.2) is 140 Å². The fraction of sp³-hybridized carbons (Fsp3) is 0.333. The lowest BCUT2D eigenvalue weighted by Gasteiger charge is -2.61. The molecule has 0 saturated heterocycles. The van der Waals surface area contributed by atoms with Crippen LogP contribution in [0.5, 0.6) is 0 Å². The molecule has 12 rings (SSSR count). The average molecular weight is 716 g/mol. The van der Waals surface area contributed by atoms with Gasteiger partial charge in [0, 0.05) is 22.5 Å². The van der Waals surface area contributed by atoms with Crippen LogP contribution in [-0.4, -0.2) is 0 Å². The van der Waals surface area contributed by atoms with Gasteiger partial charge in [0.1, 0.15) is 0 Å². The number of anilines is 3. The molecule has 0 amide bonds. The number of nitrogens with zero attached hydrogens (tertiary/aromatic N) is 1. The van der Waals surface area contributed by atoms with Crippen molar-refractivity contribution >= 4 is 17.1 Å². The molecular formula is C54H53N. The first kappa shape index (κ1) is 33.5. The van der Waals surface area contributed by atoms with Crippen LogP contribution in [0.2, 0.25) is 0 Å². The van der Waals surface area contributed by atoms with Crippen LogP contribution in [0.3, 0.4) is 0 Å². The van der Waals surface area contributed by atoms with Gasteiger partial charge >= 0.3 is 0 Å². The van der Waals surface area contributed by atoms with Gasteiger partial charge in [-0.1, -0.05) is 131 Å². The molecule has 4 bridgehead atoms. The highest BCUT2D eigenvalue weighted by atomic mass is 15.1. The standard InChI is InChI=1S/C54H53N/c1-52(2)27-28-53(3,4)51-45(14-10-16-50(51)52)39-19-23-43(24-20-39)55(42-21-17-38(18-22-42)37-11-6-5-7-12-37)44-25-26-49-47(34-44)46-13-8-9-15-48(46)54(49)40-30-35-29-36(32-40)33-41(54)31-35/h5-26,34-36,40-41H,27-33H2,1-4H3. The second kappa shape index (κ2) is 12.1. The van der Waals surface area contributed by atoms with E-state index in [1.165, 1.54) is 107 Å². The number of rotatable bonds is 5. The zero-order valence-electron chi connectivity index (χ0n) is 33.0. The number of fused-ring (bicyclic) bond motifs is 4. The van der Waals surface area contributed by atoms with E-state index in [0.717, 1.165) is 23.7 Å². The van der Waals surface area contributed by atoms with Gasteiger partial charge in [-0.2, -0.15) is 0 Å².